The van der Waals surface area contributed by atoms with E-state index in [1.807, 2.05) is 0 Å². The molecule has 0 bridgehead atoms. The fourth-order valence-electron chi connectivity index (χ4n) is 1.58. The monoisotopic (exact) mass is 224 g/mol. The van der Waals surface area contributed by atoms with Gasteiger partial charge in [-0.3, -0.25) is 0 Å². The van der Waals surface area contributed by atoms with Crippen LogP contribution in [0.4, 0.5) is 0 Å². The highest BCUT2D eigenvalue weighted by atomic mass is 16.2. The van der Waals surface area contributed by atoms with Crippen molar-refractivity contribution in [3.05, 3.63) is 24.3 Å². The summed E-state index contributed by atoms with van der Waals surface area (Å²) in [5.74, 6) is 0. The minimum atomic E-state index is 0.350. The fraction of sp³-hybridized carbons (Fsp3) is 0.733. The molecule has 0 radical (unpaired) electrons. The lowest BCUT2D eigenvalue weighted by Gasteiger charge is -1.96. The first kappa shape index (κ1) is 15.4. The van der Waals surface area contributed by atoms with E-state index in [9.17, 15) is 0 Å². The van der Waals surface area contributed by atoms with Crippen LogP contribution in [0, 0.1) is 0 Å². The minimum Gasteiger partial charge on any atom is -0.396 e. The molecular formula is C15H28O. The second kappa shape index (κ2) is 14.4. The Balaban J connectivity index is 3.12. The van der Waals surface area contributed by atoms with Crippen molar-refractivity contribution in [1.82, 2.24) is 0 Å². The van der Waals surface area contributed by atoms with Crippen LogP contribution in [-0.2, 0) is 0 Å². The average molecular weight is 224 g/mol. The second-order valence-electron chi connectivity index (χ2n) is 4.28. The van der Waals surface area contributed by atoms with E-state index in [1.54, 1.807) is 0 Å². The standard InChI is InChI=1S/C15H28O/c1-2-3-4-5-6-7-8-9-10-11-12-13-14-15-16/h5-8,16H,2-4,9-15H2,1H3/b6-5-,8-7?. The highest BCUT2D eigenvalue weighted by Gasteiger charge is 1.87. The highest BCUT2D eigenvalue weighted by molar-refractivity contribution is 5.02. The van der Waals surface area contributed by atoms with E-state index in [-0.39, 0.29) is 0 Å². The van der Waals surface area contributed by atoms with E-state index in [0.717, 1.165) is 6.42 Å². The van der Waals surface area contributed by atoms with Crippen LogP contribution in [0.3, 0.4) is 0 Å². The molecule has 94 valence electrons. The van der Waals surface area contributed by atoms with E-state index in [0.29, 0.717) is 6.61 Å². The molecule has 1 N–H and O–H groups in total. The summed E-state index contributed by atoms with van der Waals surface area (Å²) in [6.07, 6.45) is 19.8. The lowest BCUT2D eigenvalue weighted by molar-refractivity contribution is 0.282. The van der Waals surface area contributed by atoms with Gasteiger partial charge in [-0.05, 0) is 25.7 Å². The van der Waals surface area contributed by atoms with E-state index in [4.69, 9.17) is 5.11 Å². The zero-order valence-corrected chi connectivity index (χ0v) is 10.8. The summed E-state index contributed by atoms with van der Waals surface area (Å²) in [6, 6.07) is 0. The molecule has 0 saturated heterocycles. The number of aliphatic hydroxyl groups is 1. The van der Waals surface area contributed by atoms with Gasteiger partial charge >= 0.3 is 0 Å². The van der Waals surface area contributed by atoms with Gasteiger partial charge in [0.15, 0.2) is 0 Å². The van der Waals surface area contributed by atoms with Gasteiger partial charge in [0.25, 0.3) is 0 Å². The molecule has 0 rings (SSSR count). The van der Waals surface area contributed by atoms with Crippen LogP contribution < -0.4 is 0 Å². The van der Waals surface area contributed by atoms with Gasteiger partial charge < -0.3 is 5.11 Å². The summed E-state index contributed by atoms with van der Waals surface area (Å²) in [7, 11) is 0. The van der Waals surface area contributed by atoms with E-state index in [2.05, 4.69) is 31.2 Å². The van der Waals surface area contributed by atoms with Crippen LogP contribution in [0.2, 0.25) is 0 Å². The van der Waals surface area contributed by atoms with Crippen LogP contribution in [0.5, 0.6) is 0 Å². The molecule has 0 aliphatic heterocycles. The topological polar surface area (TPSA) is 20.2 Å². The van der Waals surface area contributed by atoms with Gasteiger partial charge in [-0.2, -0.15) is 0 Å². The minimum absolute atomic E-state index is 0.350. The summed E-state index contributed by atoms with van der Waals surface area (Å²) in [5.41, 5.74) is 0. The van der Waals surface area contributed by atoms with E-state index in [1.165, 1.54) is 51.4 Å². The maximum atomic E-state index is 8.61. The quantitative estimate of drug-likeness (QED) is 0.401. The molecule has 0 aromatic carbocycles. The number of allylic oxidation sites excluding steroid dienone is 4. The molecule has 16 heavy (non-hydrogen) atoms. The molecule has 0 unspecified atom stereocenters. The van der Waals surface area contributed by atoms with Crippen molar-refractivity contribution in [2.75, 3.05) is 6.61 Å². The summed E-state index contributed by atoms with van der Waals surface area (Å²) in [4.78, 5) is 0. The molecule has 0 atom stereocenters. The Morgan fingerprint density at radius 1 is 0.750 bits per heavy atom. The third-order valence-electron chi connectivity index (χ3n) is 2.64. The van der Waals surface area contributed by atoms with Gasteiger partial charge in [0.1, 0.15) is 0 Å². The highest BCUT2D eigenvalue weighted by Crippen LogP contribution is 2.05. The van der Waals surface area contributed by atoms with Crippen LogP contribution >= 0.6 is 0 Å². The molecule has 0 amide bonds. The number of hydrogen-bond acceptors (Lipinski definition) is 1. The number of unbranched alkanes of at least 4 members (excludes halogenated alkanes) is 7. The SMILES string of the molecule is CCCC/C=C\C=CCCCCCCCO. The lowest BCUT2D eigenvalue weighted by atomic mass is 10.1. The largest absolute Gasteiger partial charge is 0.396 e. The number of rotatable bonds is 11. The molecule has 0 saturated carbocycles. The Morgan fingerprint density at radius 2 is 1.31 bits per heavy atom. The molecule has 0 fully saturated rings. The van der Waals surface area contributed by atoms with Gasteiger partial charge in [0.05, 0.1) is 0 Å². The lowest BCUT2D eigenvalue weighted by Crippen LogP contribution is -1.82. The van der Waals surface area contributed by atoms with Crippen LogP contribution in [0.15, 0.2) is 24.3 Å². The molecule has 1 heteroatoms. The van der Waals surface area contributed by atoms with Gasteiger partial charge in [-0.15, -0.1) is 0 Å². The molecule has 0 heterocycles. The molecule has 0 aliphatic carbocycles. The Morgan fingerprint density at radius 3 is 1.94 bits per heavy atom. The number of hydrogen-bond donors (Lipinski definition) is 1. The maximum absolute atomic E-state index is 8.61. The second-order valence-corrected chi connectivity index (χ2v) is 4.28. The summed E-state index contributed by atoms with van der Waals surface area (Å²) in [6.45, 7) is 2.57. The zero-order chi connectivity index (χ0) is 11.9. The van der Waals surface area contributed by atoms with Crippen LogP contribution in [0.1, 0.15) is 64.7 Å². The normalized spacial score (nSPS) is 11.9. The number of aliphatic hydroxyl groups excluding tert-OH is 1. The first-order valence-corrected chi connectivity index (χ1v) is 6.84. The van der Waals surface area contributed by atoms with Crippen molar-refractivity contribution in [3.63, 3.8) is 0 Å². The third kappa shape index (κ3) is 13.4. The molecular weight excluding hydrogens is 196 g/mol. The maximum Gasteiger partial charge on any atom is 0.0431 e. The molecule has 0 aromatic heterocycles. The zero-order valence-electron chi connectivity index (χ0n) is 10.8. The predicted molar refractivity (Wildman–Crippen MR) is 72.6 cm³/mol. The van der Waals surface area contributed by atoms with Crippen molar-refractivity contribution in [3.8, 4) is 0 Å². The van der Waals surface area contributed by atoms with Gasteiger partial charge in [0, 0.05) is 6.61 Å². The third-order valence-corrected chi connectivity index (χ3v) is 2.64. The fourth-order valence-corrected chi connectivity index (χ4v) is 1.58. The van der Waals surface area contributed by atoms with Gasteiger partial charge in [0.2, 0.25) is 0 Å². The molecule has 1 nitrogen and oxygen atoms in total. The van der Waals surface area contributed by atoms with E-state index < -0.39 is 0 Å². The van der Waals surface area contributed by atoms with Crippen molar-refractivity contribution in [2.45, 2.75) is 64.7 Å². The molecule has 0 aliphatic rings. The van der Waals surface area contributed by atoms with Crippen molar-refractivity contribution in [2.24, 2.45) is 0 Å². The predicted octanol–water partition coefficient (Wildman–Crippen LogP) is 4.62. The summed E-state index contributed by atoms with van der Waals surface area (Å²) >= 11 is 0. The van der Waals surface area contributed by atoms with Crippen molar-refractivity contribution < 1.29 is 5.11 Å². The van der Waals surface area contributed by atoms with Gasteiger partial charge in [-0.25, -0.2) is 0 Å². The first-order valence-electron chi connectivity index (χ1n) is 6.84. The molecule has 0 aromatic rings. The van der Waals surface area contributed by atoms with Gasteiger partial charge in [-0.1, -0.05) is 63.3 Å². The van der Waals surface area contributed by atoms with Crippen LogP contribution in [-0.4, -0.2) is 11.7 Å². The van der Waals surface area contributed by atoms with Crippen LogP contribution in [0.25, 0.3) is 0 Å². The summed E-state index contributed by atoms with van der Waals surface area (Å²) < 4.78 is 0. The Kier molecular flexibility index (Phi) is 13.9. The van der Waals surface area contributed by atoms with Crippen molar-refractivity contribution >= 4 is 0 Å². The summed E-state index contributed by atoms with van der Waals surface area (Å²) in [5, 5.41) is 8.61. The first-order chi connectivity index (χ1) is 7.91. The molecule has 0 spiro atoms. The van der Waals surface area contributed by atoms with Crippen molar-refractivity contribution in [1.29, 1.82) is 0 Å². The Hall–Kier alpha value is -0.560. The smallest absolute Gasteiger partial charge is 0.0431 e. The average Bonchev–Trinajstić information content (AvgIpc) is 2.31. The Labute approximate surface area is 101 Å². The van der Waals surface area contributed by atoms with E-state index >= 15 is 0 Å². The Bertz CT molecular complexity index is 170.